The summed E-state index contributed by atoms with van der Waals surface area (Å²) in [5.74, 6) is -0.111. The molecule has 0 bridgehead atoms. The van der Waals surface area contributed by atoms with E-state index in [1.807, 2.05) is 0 Å². The fraction of sp³-hybridized carbons (Fsp3) is 0.600. The molecule has 0 spiro atoms. The SMILES string of the molecule is O=S(=O)(c1ccc(F)c(CO)c1)N1CCCC2CCCC21. The third-order valence-corrected chi connectivity index (χ3v) is 6.66. The van der Waals surface area contributed by atoms with Crippen molar-refractivity contribution < 1.29 is 17.9 Å². The first kappa shape index (κ1) is 14.9. The Labute approximate surface area is 124 Å². The van der Waals surface area contributed by atoms with Crippen molar-refractivity contribution in [3.8, 4) is 0 Å². The van der Waals surface area contributed by atoms with E-state index in [-0.39, 0.29) is 16.5 Å². The van der Waals surface area contributed by atoms with Crippen LogP contribution in [0.4, 0.5) is 4.39 Å². The summed E-state index contributed by atoms with van der Waals surface area (Å²) in [6.45, 7) is 0.0383. The number of sulfonamides is 1. The van der Waals surface area contributed by atoms with Crippen LogP contribution in [0.15, 0.2) is 23.1 Å². The molecule has 1 aromatic carbocycles. The minimum Gasteiger partial charge on any atom is -0.392 e. The normalized spacial score (nSPS) is 26.8. The van der Waals surface area contributed by atoms with Gasteiger partial charge in [-0.2, -0.15) is 4.31 Å². The summed E-state index contributed by atoms with van der Waals surface area (Å²) in [6, 6.07) is 3.76. The zero-order valence-corrected chi connectivity index (χ0v) is 12.7. The third-order valence-electron chi connectivity index (χ3n) is 4.74. The first-order valence-corrected chi connectivity index (χ1v) is 8.89. The van der Waals surface area contributed by atoms with Gasteiger partial charge in [-0.15, -0.1) is 0 Å². The van der Waals surface area contributed by atoms with E-state index < -0.39 is 22.4 Å². The second-order valence-corrected chi connectivity index (χ2v) is 7.82. The van der Waals surface area contributed by atoms with Gasteiger partial charge in [0, 0.05) is 18.2 Å². The molecule has 0 aromatic heterocycles. The summed E-state index contributed by atoms with van der Waals surface area (Å²) >= 11 is 0. The molecule has 1 aromatic rings. The minimum absolute atomic E-state index is 0.0241. The molecule has 1 saturated carbocycles. The van der Waals surface area contributed by atoms with Gasteiger partial charge in [0.1, 0.15) is 5.82 Å². The molecule has 1 saturated heterocycles. The monoisotopic (exact) mass is 313 g/mol. The molecular formula is C15H20FNO3S. The molecule has 0 radical (unpaired) electrons. The van der Waals surface area contributed by atoms with Gasteiger partial charge >= 0.3 is 0 Å². The van der Waals surface area contributed by atoms with Crippen LogP contribution in [0, 0.1) is 11.7 Å². The van der Waals surface area contributed by atoms with E-state index in [1.165, 1.54) is 12.1 Å². The quantitative estimate of drug-likeness (QED) is 0.931. The highest BCUT2D eigenvalue weighted by molar-refractivity contribution is 7.89. The Kier molecular flexibility index (Phi) is 4.03. The number of rotatable bonds is 3. The van der Waals surface area contributed by atoms with Crippen LogP contribution in [0.3, 0.4) is 0 Å². The average molecular weight is 313 g/mol. The lowest BCUT2D eigenvalue weighted by molar-refractivity contribution is 0.202. The summed E-state index contributed by atoms with van der Waals surface area (Å²) in [6.07, 6.45) is 5.07. The van der Waals surface area contributed by atoms with Gasteiger partial charge in [-0.3, -0.25) is 0 Å². The van der Waals surface area contributed by atoms with E-state index in [4.69, 9.17) is 5.11 Å². The van der Waals surface area contributed by atoms with E-state index in [0.29, 0.717) is 12.5 Å². The number of halogens is 1. The van der Waals surface area contributed by atoms with E-state index in [1.54, 1.807) is 4.31 Å². The summed E-state index contributed by atoms with van der Waals surface area (Å²) in [4.78, 5) is 0.0838. The summed E-state index contributed by atoms with van der Waals surface area (Å²) in [5, 5.41) is 9.12. The number of benzene rings is 1. The lowest BCUT2D eigenvalue weighted by Crippen LogP contribution is -2.46. The maximum atomic E-state index is 13.4. The predicted molar refractivity (Wildman–Crippen MR) is 76.6 cm³/mol. The highest BCUT2D eigenvalue weighted by atomic mass is 32.2. The van der Waals surface area contributed by atoms with E-state index in [9.17, 15) is 12.8 Å². The van der Waals surface area contributed by atoms with Crippen molar-refractivity contribution >= 4 is 10.0 Å². The maximum Gasteiger partial charge on any atom is 0.243 e. The second-order valence-electron chi connectivity index (χ2n) is 5.93. The van der Waals surface area contributed by atoms with Crippen LogP contribution >= 0.6 is 0 Å². The summed E-state index contributed by atoms with van der Waals surface area (Å²) in [7, 11) is -3.61. The van der Waals surface area contributed by atoms with Crippen LogP contribution in [-0.2, 0) is 16.6 Å². The van der Waals surface area contributed by atoms with Crippen LogP contribution < -0.4 is 0 Å². The van der Waals surface area contributed by atoms with E-state index in [2.05, 4.69) is 0 Å². The molecule has 1 aliphatic carbocycles. The van der Waals surface area contributed by atoms with Gasteiger partial charge in [-0.05, 0) is 49.8 Å². The van der Waals surface area contributed by atoms with Crippen molar-refractivity contribution in [2.45, 2.75) is 49.6 Å². The van der Waals surface area contributed by atoms with Crippen LogP contribution in [-0.4, -0.2) is 30.4 Å². The van der Waals surface area contributed by atoms with Crippen LogP contribution in [0.1, 0.15) is 37.7 Å². The fourth-order valence-electron chi connectivity index (χ4n) is 3.67. The van der Waals surface area contributed by atoms with Gasteiger partial charge in [-0.1, -0.05) is 6.42 Å². The molecule has 1 aliphatic heterocycles. The van der Waals surface area contributed by atoms with Crippen molar-refractivity contribution in [1.29, 1.82) is 0 Å². The summed E-state index contributed by atoms with van der Waals surface area (Å²) in [5.41, 5.74) is 0.0241. The first-order chi connectivity index (χ1) is 10.0. The fourth-order valence-corrected chi connectivity index (χ4v) is 5.48. The lowest BCUT2D eigenvalue weighted by atomic mass is 9.94. The van der Waals surface area contributed by atoms with Crippen molar-refractivity contribution in [3.63, 3.8) is 0 Å². The molecule has 1 heterocycles. The largest absolute Gasteiger partial charge is 0.392 e. The van der Waals surface area contributed by atoms with Gasteiger partial charge in [0.2, 0.25) is 10.0 Å². The number of nitrogens with zero attached hydrogens (tertiary/aromatic N) is 1. The smallest absolute Gasteiger partial charge is 0.243 e. The predicted octanol–water partition coefficient (Wildman–Crippen LogP) is 2.27. The van der Waals surface area contributed by atoms with Crippen molar-refractivity contribution in [3.05, 3.63) is 29.6 Å². The zero-order chi connectivity index (χ0) is 15.0. The number of piperidine rings is 1. The number of aliphatic hydroxyl groups excluding tert-OH is 1. The van der Waals surface area contributed by atoms with E-state index in [0.717, 1.165) is 38.2 Å². The Morgan fingerprint density at radius 2 is 2.00 bits per heavy atom. The Bertz CT molecular complexity index is 632. The second kappa shape index (κ2) is 5.66. The summed E-state index contributed by atoms with van der Waals surface area (Å²) < 4.78 is 40.7. The molecule has 2 unspecified atom stereocenters. The third kappa shape index (κ3) is 2.60. The van der Waals surface area contributed by atoms with Gasteiger partial charge in [0.25, 0.3) is 0 Å². The van der Waals surface area contributed by atoms with Crippen molar-refractivity contribution in [2.24, 2.45) is 5.92 Å². The highest BCUT2D eigenvalue weighted by Gasteiger charge is 2.41. The molecule has 6 heteroatoms. The Balaban J connectivity index is 1.96. The molecular weight excluding hydrogens is 293 g/mol. The number of hydrogen-bond donors (Lipinski definition) is 1. The number of hydrogen-bond acceptors (Lipinski definition) is 3. The molecule has 4 nitrogen and oxygen atoms in total. The molecule has 21 heavy (non-hydrogen) atoms. The van der Waals surface area contributed by atoms with Crippen molar-refractivity contribution in [2.75, 3.05) is 6.54 Å². The minimum atomic E-state index is -3.61. The Hall–Kier alpha value is -0.980. The molecule has 2 aliphatic rings. The standard InChI is InChI=1S/C15H20FNO3S/c16-14-7-6-13(9-12(14)10-18)21(19,20)17-8-2-4-11-3-1-5-15(11)17/h6-7,9,11,15,18H,1-5,8,10H2. The first-order valence-electron chi connectivity index (χ1n) is 7.45. The molecule has 2 fully saturated rings. The molecule has 3 rings (SSSR count). The molecule has 0 amide bonds. The molecule has 116 valence electrons. The van der Waals surface area contributed by atoms with Crippen molar-refractivity contribution in [1.82, 2.24) is 4.31 Å². The molecule has 1 N–H and O–H groups in total. The lowest BCUT2D eigenvalue weighted by Gasteiger charge is -2.36. The van der Waals surface area contributed by atoms with Gasteiger partial charge in [-0.25, -0.2) is 12.8 Å². The Morgan fingerprint density at radius 1 is 1.24 bits per heavy atom. The van der Waals surface area contributed by atoms with Crippen LogP contribution in [0.25, 0.3) is 0 Å². The number of fused-ring (bicyclic) bond motifs is 1. The zero-order valence-electron chi connectivity index (χ0n) is 11.8. The highest BCUT2D eigenvalue weighted by Crippen LogP contribution is 2.39. The van der Waals surface area contributed by atoms with Crippen LogP contribution in [0.2, 0.25) is 0 Å². The van der Waals surface area contributed by atoms with Crippen LogP contribution in [0.5, 0.6) is 0 Å². The maximum absolute atomic E-state index is 13.4. The molecule has 2 atom stereocenters. The van der Waals surface area contributed by atoms with Gasteiger partial charge in [0.05, 0.1) is 11.5 Å². The number of aliphatic hydroxyl groups is 1. The Morgan fingerprint density at radius 3 is 2.76 bits per heavy atom. The average Bonchev–Trinajstić information content (AvgIpc) is 2.95. The van der Waals surface area contributed by atoms with Gasteiger partial charge in [0.15, 0.2) is 0 Å². The van der Waals surface area contributed by atoms with Gasteiger partial charge < -0.3 is 5.11 Å². The van der Waals surface area contributed by atoms with E-state index >= 15 is 0 Å². The topological polar surface area (TPSA) is 57.6 Å².